The maximum atomic E-state index is 12.6. The first-order chi connectivity index (χ1) is 9.54. The van der Waals surface area contributed by atoms with Gasteiger partial charge in [-0.15, -0.1) is 0 Å². The third-order valence-electron chi connectivity index (χ3n) is 2.92. The largest absolute Gasteiger partial charge is 0.399 e. The van der Waals surface area contributed by atoms with Gasteiger partial charge in [-0.3, -0.25) is 4.79 Å². The summed E-state index contributed by atoms with van der Waals surface area (Å²) in [6.07, 6.45) is 3.31. The minimum atomic E-state index is -0.148. The van der Waals surface area contributed by atoms with Crippen LogP contribution >= 0.6 is 27.5 Å². The molecule has 3 aromatic rings. The Labute approximate surface area is 128 Å². The van der Waals surface area contributed by atoms with Crippen molar-refractivity contribution in [2.45, 2.75) is 0 Å². The van der Waals surface area contributed by atoms with E-state index in [0.29, 0.717) is 27.5 Å². The summed E-state index contributed by atoms with van der Waals surface area (Å²) in [5.41, 5.74) is 7.83. The second-order valence-electron chi connectivity index (χ2n) is 4.35. The van der Waals surface area contributed by atoms with E-state index in [2.05, 4.69) is 25.9 Å². The lowest BCUT2D eigenvalue weighted by molar-refractivity contribution is 0.104. The fourth-order valence-electron chi connectivity index (χ4n) is 2.06. The van der Waals surface area contributed by atoms with Gasteiger partial charge >= 0.3 is 0 Å². The SMILES string of the molecule is Nc1cc(Cl)cc(C(=O)c2c[nH]c3ncc(Br)cc23)c1. The number of aromatic amines is 1. The average molecular weight is 351 g/mol. The summed E-state index contributed by atoms with van der Waals surface area (Å²) in [5.74, 6) is -0.148. The van der Waals surface area contributed by atoms with Crippen molar-refractivity contribution < 1.29 is 4.79 Å². The molecular weight excluding hydrogens is 342 g/mol. The number of hydrogen-bond donors (Lipinski definition) is 2. The summed E-state index contributed by atoms with van der Waals surface area (Å²) in [7, 11) is 0. The standard InChI is InChI=1S/C14H9BrClN3O/c15-8-3-11-12(6-19-14(11)18-5-8)13(20)7-1-9(16)4-10(17)2-7/h1-6H,17H2,(H,18,19). The maximum absolute atomic E-state index is 12.6. The molecular formula is C14H9BrClN3O. The fraction of sp³-hybridized carbons (Fsp3) is 0. The molecule has 0 radical (unpaired) electrons. The van der Waals surface area contributed by atoms with Gasteiger partial charge in [0.1, 0.15) is 5.65 Å². The van der Waals surface area contributed by atoms with Crippen molar-refractivity contribution in [2.75, 3.05) is 5.73 Å². The van der Waals surface area contributed by atoms with Crippen molar-refractivity contribution >= 4 is 50.0 Å². The number of nitrogen functional groups attached to an aromatic ring is 1. The van der Waals surface area contributed by atoms with Gasteiger partial charge in [-0.2, -0.15) is 0 Å². The number of nitrogens with one attached hydrogen (secondary N) is 1. The molecule has 20 heavy (non-hydrogen) atoms. The number of anilines is 1. The number of aromatic nitrogens is 2. The number of carbonyl (C=O) groups excluding carboxylic acids is 1. The monoisotopic (exact) mass is 349 g/mol. The molecule has 6 heteroatoms. The zero-order valence-corrected chi connectivity index (χ0v) is 12.5. The van der Waals surface area contributed by atoms with Crippen molar-refractivity contribution in [2.24, 2.45) is 0 Å². The van der Waals surface area contributed by atoms with Crippen molar-refractivity contribution in [3.05, 3.63) is 57.3 Å². The molecule has 1 aromatic carbocycles. The Morgan fingerprint density at radius 2 is 2.10 bits per heavy atom. The van der Waals surface area contributed by atoms with Gasteiger partial charge in [0.2, 0.25) is 0 Å². The Bertz CT molecular complexity index is 808. The highest BCUT2D eigenvalue weighted by Crippen LogP contribution is 2.25. The first kappa shape index (κ1) is 13.1. The van der Waals surface area contributed by atoms with E-state index in [1.165, 1.54) is 0 Å². The Morgan fingerprint density at radius 1 is 1.30 bits per heavy atom. The van der Waals surface area contributed by atoms with Crippen molar-refractivity contribution in [1.29, 1.82) is 0 Å². The van der Waals surface area contributed by atoms with Gasteiger partial charge in [0.05, 0.1) is 0 Å². The number of benzene rings is 1. The Hall–Kier alpha value is -1.85. The van der Waals surface area contributed by atoms with Crippen LogP contribution in [0.1, 0.15) is 15.9 Å². The Balaban J connectivity index is 2.15. The number of fused-ring (bicyclic) bond motifs is 1. The summed E-state index contributed by atoms with van der Waals surface area (Å²) in [4.78, 5) is 19.7. The van der Waals surface area contributed by atoms with E-state index in [1.807, 2.05) is 6.07 Å². The molecule has 2 heterocycles. The number of carbonyl (C=O) groups is 1. The highest BCUT2D eigenvalue weighted by molar-refractivity contribution is 9.10. The zero-order chi connectivity index (χ0) is 14.3. The molecule has 0 atom stereocenters. The van der Waals surface area contributed by atoms with Crippen molar-refractivity contribution in [3.63, 3.8) is 0 Å². The second-order valence-corrected chi connectivity index (χ2v) is 5.71. The smallest absolute Gasteiger partial charge is 0.195 e. The summed E-state index contributed by atoms with van der Waals surface area (Å²) in [6, 6.07) is 6.66. The number of nitrogens with two attached hydrogens (primary N) is 1. The summed E-state index contributed by atoms with van der Waals surface area (Å²) in [5, 5.41) is 1.19. The quantitative estimate of drug-likeness (QED) is 0.545. The van der Waals surface area contributed by atoms with Gasteiger partial charge in [-0.1, -0.05) is 11.6 Å². The van der Waals surface area contributed by atoms with Crippen LogP contribution in [0.4, 0.5) is 5.69 Å². The Morgan fingerprint density at radius 3 is 2.85 bits per heavy atom. The van der Waals surface area contributed by atoms with Gasteiger partial charge in [-0.25, -0.2) is 4.98 Å². The van der Waals surface area contributed by atoms with Crippen LogP contribution < -0.4 is 5.73 Å². The molecule has 3 N–H and O–H groups in total. The molecule has 0 saturated carbocycles. The molecule has 0 aliphatic heterocycles. The van der Waals surface area contributed by atoms with Crippen LogP contribution in [0.5, 0.6) is 0 Å². The first-order valence-corrected chi connectivity index (χ1v) is 6.95. The molecule has 4 nitrogen and oxygen atoms in total. The number of H-pyrrole nitrogens is 1. The van der Waals surface area contributed by atoms with Crippen LogP contribution in [-0.4, -0.2) is 15.8 Å². The fourth-order valence-corrected chi connectivity index (χ4v) is 2.64. The summed E-state index contributed by atoms with van der Waals surface area (Å²) >= 11 is 9.29. The molecule has 100 valence electrons. The van der Waals surface area contributed by atoms with Crippen molar-refractivity contribution in [3.8, 4) is 0 Å². The van der Waals surface area contributed by atoms with Crippen LogP contribution in [0.25, 0.3) is 11.0 Å². The second kappa shape index (κ2) is 4.92. The van der Waals surface area contributed by atoms with Crippen LogP contribution in [0.2, 0.25) is 5.02 Å². The van der Waals surface area contributed by atoms with E-state index in [0.717, 1.165) is 9.86 Å². The third-order valence-corrected chi connectivity index (χ3v) is 3.58. The minimum Gasteiger partial charge on any atom is -0.399 e. The molecule has 2 aromatic heterocycles. The maximum Gasteiger partial charge on any atom is 0.195 e. The number of nitrogens with zero attached hydrogens (tertiary/aromatic N) is 1. The van der Waals surface area contributed by atoms with Gasteiger partial charge in [0.15, 0.2) is 5.78 Å². The molecule has 3 rings (SSSR count). The third kappa shape index (κ3) is 2.30. The van der Waals surface area contributed by atoms with Gasteiger partial charge < -0.3 is 10.7 Å². The number of pyridine rings is 1. The Kier molecular flexibility index (Phi) is 3.23. The molecule has 0 saturated heterocycles. The highest BCUT2D eigenvalue weighted by atomic mass is 79.9. The van der Waals surface area contributed by atoms with E-state index in [-0.39, 0.29) is 5.78 Å². The van der Waals surface area contributed by atoms with Crippen LogP contribution in [0.3, 0.4) is 0 Å². The molecule has 0 fully saturated rings. The minimum absolute atomic E-state index is 0.148. The topological polar surface area (TPSA) is 71.8 Å². The van der Waals surface area contributed by atoms with Crippen LogP contribution in [-0.2, 0) is 0 Å². The normalized spacial score (nSPS) is 10.9. The molecule has 0 unspecified atom stereocenters. The predicted octanol–water partition coefficient (Wildman–Crippen LogP) is 3.79. The van der Waals surface area contributed by atoms with Crippen LogP contribution in [0.15, 0.2) is 41.1 Å². The highest BCUT2D eigenvalue weighted by Gasteiger charge is 2.16. The van der Waals surface area contributed by atoms with Gasteiger partial charge in [0.25, 0.3) is 0 Å². The number of hydrogen-bond acceptors (Lipinski definition) is 3. The lowest BCUT2D eigenvalue weighted by atomic mass is 10.0. The molecule has 0 aliphatic carbocycles. The van der Waals surface area contributed by atoms with E-state index in [4.69, 9.17) is 17.3 Å². The first-order valence-electron chi connectivity index (χ1n) is 5.78. The van der Waals surface area contributed by atoms with E-state index >= 15 is 0 Å². The number of halogens is 2. The van der Waals surface area contributed by atoms with Gasteiger partial charge in [0, 0.05) is 44.1 Å². The lowest BCUT2D eigenvalue weighted by Gasteiger charge is -2.03. The van der Waals surface area contributed by atoms with Gasteiger partial charge in [-0.05, 0) is 40.2 Å². The van der Waals surface area contributed by atoms with E-state index in [1.54, 1.807) is 30.6 Å². The van der Waals surface area contributed by atoms with E-state index < -0.39 is 0 Å². The zero-order valence-electron chi connectivity index (χ0n) is 10.2. The van der Waals surface area contributed by atoms with Crippen LogP contribution in [0, 0.1) is 0 Å². The summed E-state index contributed by atoms with van der Waals surface area (Å²) in [6.45, 7) is 0. The molecule has 0 amide bonds. The predicted molar refractivity (Wildman–Crippen MR) is 83.1 cm³/mol. The molecule has 0 spiro atoms. The van der Waals surface area contributed by atoms with E-state index in [9.17, 15) is 4.79 Å². The average Bonchev–Trinajstić information content (AvgIpc) is 2.79. The molecule has 0 aliphatic rings. The summed E-state index contributed by atoms with van der Waals surface area (Å²) < 4.78 is 0.809. The number of ketones is 1. The molecule has 0 bridgehead atoms. The number of rotatable bonds is 2. The van der Waals surface area contributed by atoms with Crippen molar-refractivity contribution in [1.82, 2.24) is 9.97 Å². The lowest BCUT2D eigenvalue weighted by Crippen LogP contribution is -2.01.